The molecule has 1 aromatic rings. The Hall–Kier alpha value is -1.16. The van der Waals surface area contributed by atoms with Gasteiger partial charge in [-0.15, -0.1) is 0 Å². The van der Waals surface area contributed by atoms with Crippen molar-refractivity contribution in [1.29, 1.82) is 0 Å². The first-order valence-corrected chi connectivity index (χ1v) is 7.67. The number of ether oxygens (including phenoxy) is 1. The average molecular weight is 295 g/mol. The average Bonchev–Trinajstić information content (AvgIpc) is 2.41. The SMILES string of the molecule is CC(C)(C)c1ccc(OCCCC(=O)NCCS)cc1. The minimum absolute atomic E-state index is 0.0609. The third-order valence-electron chi connectivity index (χ3n) is 2.97. The molecule has 1 aromatic carbocycles. The van der Waals surface area contributed by atoms with Crippen LogP contribution in [0.25, 0.3) is 0 Å². The Bertz CT molecular complexity index is 409. The largest absolute Gasteiger partial charge is 0.494 e. The minimum Gasteiger partial charge on any atom is -0.494 e. The molecule has 1 amide bonds. The molecule has 4 heteroatoms. The van der Waals surface area contributed by atoms with Gasteiger partial charge >= 0.3 is 0 Å². The topological polar surface area (TPSA) is 38.3 Å². The van der Waals surface area contributed by atoms with Crippen LogP contribution in [0.15, 0.2) is 24.3 Å². The lowest BCUT2D eigenvalue weighted by atomic mass is 9.87. The molecule has 0 saturated heterocycles. The zero-order valence-corrected chi connectivity index (χ0v) is 13.5. The van der Waals surface area contributed by atoms with Gasteiger partial charge in [-0.3, -0.25) is 4.79 Å². The van der Waals surface area contributed by atoms with Gasteiger partial charge in [-0.25, -0.2) is 0 Å². The van der Waals surface area contributed by atoms with Gasteiger partial charge in [0.2, 0.25) is 5.91 Å². The molecule has 0 bridgehead atoms. The highest BCUT2D eigenvalue weighted by Gasteiger charge is 2.12. The van der Waals surface area contributed by atoms with Gasteiger partial charge in [0.1, 0.15) is 5.75 Å². The second-order valence-corrected chi connectivity index (χ2v) is 6.25. The minimum atomic E-state index is 0.0609. The summed E-state index contributed by atoms with van der Waals surface area (Å²) in [5, 5.41) is 2.78. The van der Waals surface area contributed by atoms with Crippen LogP contribution in [0.5, 0.6) is 5.75 Å². The van der Waals surface area contributed by atoms with E-state index in [2.05, 4.69) is 50.8 Å². The molecule has 0 aliphatic heterocycles. The second-order valence-electron chi connectivity index (χ2n) is 5.80. The van der Waals surface area contributed by atoms with E-state index >= 15 is 0 Å². The van der Waals surface area contributed by atoms with E-state index in [1.165, 1.54) is 5.56 Å². The number of carbonyl (C=O) groups is 1. The summed E-state index contributed by atoms with van der Waals surface area (Å²) in [5.41, 5.74) is 1.44. The van der Waals surface area contributed by atoms with Gasteiger partial charge < -0.3 is 10.1 Å². The smallest absolute Gasteiger partial charge is 0.220 e. The molecule has 0 aromatic heterocycles. The Morgan fingerprint density at radius 3 is 2.45 bits per heavy atom. The molecular formula is C16H25NO2S. The molecular weight excluding hydrogens is 270 g/mol. The first-order valence-electron chi connectivity index (χ1n) is 7.04. The van der Waals surface area contributed by atoms with Gasteiger partial charge in [-0.2, -0.15) is 12.6 Å². The van der Waals surface area contributed by atoms with Crippen LogP contribution in [0.1, 0.15) is 39.2 Å². The summed E-state index contributed by atoms with van der Waals surface area (Å²) in [6.07, 6.45) is 1.22. The van der Waals surface area contributed by atoms with Crippen molar-refractivity contribution in [3.63, 3.8) is 0 Å². The lowest BCUT2D eigenvalue weighted by Gasteiger charge is -2.19. The molecule has 20 heavy (non-hydrogen) atoms. The first-order chi connectivity index (χ1) is 9.43. The highest BCUT2D eigenvalue weighted by Crippen LogP contribution is 2.24. The number of benzene rings is 1. The molecule has 0 fully saturated rings. The lowest BCUT2D eigenvalue weighted by molar-refractivity contribution is -0.121. The van der Waals surface area contributed by atoms with Crippen molar-refractivity contribution in [2.45, 2.75) is 39.0 Å². The monoisotopic (exact) mass is 295 g/mol. The first kappa shape index (κ1) is 16.9. The van der Waals surface area contributed by atoms with E-state index in [0.29, 0.717) is 25.3 Å². The number of carbonyl (C=O) groups excluding carboxylic acids is 1. The Morgan fingerprint density at radius 2 is 1.90 bits per heavy atom. The van der Waals surface area contributed by atoms with Crippen LogP contribution in [0.2, 0.25) is 0 Å². The van der Waals surface area contributed by atoms with Gasteiger partial charge in [-0.1, -0.05) is 32.9 Å². The molecule has 0 spiro atoms. The summed E-state index contributed by atoms with van der Waals surface area (Å²) in [7, 11) is 0. The number of rotatable bonds is 7. The molecule has 0 unspecified atom stereocenters. The summed E-state index contributed by atoms with van der Waals surface area (Å²) in [4.78, 5) is 11.4. The summed E-state index contributed by atoms with van der Waals surface area (Å²) in [5.74, 6) is 1.59. The summed E-state index contributed by atoms with van der Waals surface area (Å²) >= 11 is 4.04. The maximum atomic E-state index is 11.4. The van der Waals surface area contributed by atoms with Crippen molar-refractivity contribution in [2.75, 3.05) is 18.9 Å². The van der Waals surface area contributed by atoms with Crippen molar-refractivity contribution in [3.05, 3.63) is 29.8 Å². The molecule has 0 aliphatic rings. The van der Waals surface area contributed by atoms with Crippen molar-refractivity contribution in [1.82, 2.24) is 5.32 Å². The molecule has 1 rings (SSSR count). The molecule has 0 radical (unpaired) electrons. The number of hydrogen-bond donors (Lipinski definition) is 2. The zero-order chi connectivity index (χ0) is 15.0. The van der Waals surface area contributed by atoms with Gasteiger partial charge in [0.25, 0.3) is 0 Å². The van der Waals surface area contributed by atoms with E-state index in [1.54, 1.807) is 0 Å². The fourth-order valence-corrected chi connectivity index (χ4v) is 1.87. The Kier molecular flexibility index (Phi) is 6.93. The van der Waals surface area contributed by atoms with E-state index in [0.717, 1.165) is 12.2 Å². The molecule has 0 aliphatic carbocycles. The van der Waals surface area contributed by atoms with Crippen LogP contribution in [-0.2, 0) is 10.2 Å². The molecule has 112 valence electrons. The van der Waals surface area contributed by atoms with E-state index in [9.17, 15) is 4.79 Å². The Labute approximate surface area is 127 Å². The maximum absolute atomic E-state index is 11.4. The fraction of sp³-hybridized carbons (Fsp3) is 0.562. The van der Waals surface area contributed by atoms with E-state index < -0.39 is 0 Å². The van der Waals surface area contributed by atoms with Gasteiger partial charge in [0.15, 0.2) is 0 Å². The number of thiol groups is 1. The molecule has 0 saturated carbocycles. The van der Waals surface area contributed by atoms with Crippen molar-refractivity contribution < 1.29 is 9.53 Å². The molecule has 0 heterocycles. The van der Waals surface area contributed by atoms with E-state index in [1.807, 2.05) is 12.1 Å². The van der Waals surface area contributed by atoms with Gasteiger partial charge in [-0.05, 0) is 29.5 Å². The normalized spacial score (nSPS) is 11.2. The van der Waals surface area contributed by atoms with Gasteiger partial charge in [0.05, 0.1) is 6.61 Å². The van der Waals surface area contributed by atoms with Crippen LogP contribution < -0.4 is 10.1 Å². The maximum Gasteiger partial charge on any atom is 0.220 e. The fourth-order valence-electron chi connectivity index (χ4n) is 1.76. The molecule has 0 atom stereocenters. The highest BCUT2D eigenvalue weighted by atomic mass is 32.1. The van der Waals surface area contributed by atoms with Crippen molar-refractivity contribution in [2.24, 2.45) is 0 Å². The van der Waals surface area contributed by atoms with Crippen LogP contribution in [0.4, 0.5) is 0 Å². The third kappa shape index (κ3) is 6.33. The molecule has 3 nitrogen and oxygen atoms in total. The van der Waals surface area contributed by atoms with E-state index in [-0.39, 0.29) is 11.3 Å². The summed E-state index contributed by atoms with van der Waals surface area (Å²) in [6.45, 7) is 7.74. The second kappa shape index (κ2) is 8.20. The number of hydrogen-bond acceptors (Lipinski definition) is 3. The van der Waals surface area contributed by atoms with Crippen LogP contribution in [-0.4, -0.2) is 24.8 Å². The van der Waals surface area contributed by atoms with Crippen molar-refractivity contribution in [3.8, 4) is 5.75 Å². The number of nitrogens with one attached hydrogen (secondary N) is 1. The van der Waals surface area contributed by atoms with Crippen molar-refractivity contribution >= 4 is 18.5 Å². The Balaban J connectivity index is 2.27. The third-order valence-corrected chi connectivity index (χ3v) is 3.19. The predicted molar refractivity (Wildman–Crippen MR) is 86.7 cm³/mol. The number of amides is 1. The van der Waals surface area contributed by atoms with Crippen LogP contribution >= 0.6 is 12.6 Å². The summed E-state index contributed by atoms with van der Waals surface area (Å²) < 4.78 is 5.63. The highest BCUT2D eigenvalue weighted by molar-refractivity contribution is 7.80. The lowest BCUT2D eigenvalue weighted by Crippen LogP contribution is -2.25. The van der Waals surface area contributed by atoms with Crippen LogP contribution in [0.3, 0.4) is 0 Å². The molecule has 1 N–H and O–H groups in total. The zero-order valence-electron chi connectivity index (χ0n) is 12.6. The van der Waals surface area contributed by atoms with E-state index in [4.69, 9.17) is 4.74 Å². The Morgan fingerprint density at radius 1 is 1.25 bits per heavy atom. The summed E-state index contributed by atoms with van der Waals surface area (Å²) in [6, 6.07) is 8.16. The quantitative estimate of drug-likeness (QED) is 0.599. The standard InChI is InChI=1S/C16H25NO2S/c1-16(2,3)13-6-8-14(9-7-13)19-11-4-5-15(18)17-10-12-20/h6-9,20H,4-5,10-12H2,1-3H3,(H,17,18). The van der Waals surface area contributed by atoms with Crippen LogP contribution in [0, 0.1) is 0 Å². The van der Waals surface area contributed by atoms with Gasteiger partial charge in [0, 0.05) is 18.7 Å². The predicted octanol–water partition coefficient (Wildman–Crippen LogP) is 3.19.